The van der Waals surface area contributed by atoms with Crippen molar-refractivity contribution in [2.75, 3.05) is 11.9 Å². The van der Waals surface area contributed by atoms with Crippen LogP contribution in [-0.4, -0.2) is 28.1 Å². The minimum Gasteiger partial charge on any atom is -0.462 e. The standard InChI is InChI=1S/C16H27N3O2/c1-7-9-10-16(5,6)19-14-13(15(20)21-8-2)11(3)17-12(4)18-14/h7-10H2,1-6H3,(H,17,18,19). The lowest BCUT2D eigenvalue weighted by Gasteiger charge is -2.28. The average molecular weight is 293 g/mol. The first-order valence-corrected chi connectivity index (χ1v) is 7.61. The Labute approximate surface area is 127 Å². The summed E-state index contributed by atoms with van der Waals surface area (Å²) in [6, 6.07) is 0. The fourth-order valence-corrected chi connectivity index (χ4v) is 2.25. The fourth-order valence-electron chi connectivity index (χ4n) is 2.25. The van der Waals surface area contributed by atoms with Gasteiger partial charge in [-0.3, -0.25) is 0 Å². The van der Waals surface area contributed by atoms with Crippen LogP contribution in [-0.2, 0) is 4.74 Å². The number of carbonyl (C=O) groups is 1. The Balaban J connectivity index is 3.12. The first-order chi connectivity index (χ1) is 9.80. The Bertz CT molecular complexity index is 499. The Hall–Kier alpha value is -1.65. The number of ether oxygens (including phenoxy) is 1. The summed E-state index contributed by atoms with van der Waals surface area (Å²) in [6.45, 7) is 12.2. The van der Waals surface area contributed by atoms with Gasteiger partial charge in [0.2, 0.25) is 0 Å². The van der Waals surface area contributed by atoms with Crippen LogP contribution in [0.1, 0.15) is 68.8 Å². The van der Waals surface area contributed by atoms with Crippen molar-refractivity contribution in [2.24, 2.45) is 0 Å². The fraction of sp³-hybridized carbons (Fsp3) is 0.688. The maximum absolute atomic E-state index is 12.2. The normalized spacial score (nSPS) is 11.3. The van der Waals surface area contributed by atoms with Crippen molar-refractivity contribution < 1.29 is 9.53 Å². The van der Waals surface area contributed by atoms with Crippen molar-refractivity contribution in [2.45, 2.75) is 66.3 Å². The average Bonchev–Trinajstić information content (AvgIpc) is 2.35. The van der Waals surface area contributed by atoms with Crippen LogP contribution in [0, 0.1) is 13.8 Å². The van der Waals surface area contributed by atoms with Crippen molar-refractivity contribution in [3.63, 3.8) is 0 Å². The smallest absolute Gasteiger partial charge is 0.343 e. The highest BCUT2D eigenvalue weighted by Gasteiger charge is 2.24. The SMILES string of the molecule is CCCCC(C)(C)Nc1nc(C)nc(C)c1C(=O)OCC. The van der Waals surface area contributed by atoms with Crippen LogP contribution in [0.25, 0.3) is 0 Å². The van der Waals surface area contributed by atoms with Gasteiger partial charge in [0, 0.05) is 5.54 Å². The molecule has 1 rings (SSSR count). The summed E-state index contributed by atoms with van der Waals surface area (Å²) in [7, 11) is 0. The van der Waals surface area contributed by atoms with E-state index in [1.165, 1.54) is 0 Å². The van der Waals surface area contributed by atoms with Crippen molar-refractivity contribution in [3.05, 3.63) is 17.1 Å². The molecule has 1 N–H and O–H groups in total. The van der Waals surface area contributed by atoms with E-state index in [0.717, 1.165) is 19.3 Å². The van der Waals surface area contributed by atoms with E-state index >= 15 is 0 Å². The van der Waals surface area contributed by atoms with Gasteiger partial charge in [0.1, 0.15) is 17.2 Å². The molecule has 0 spiro atoms. The maximum Gasteiger partial charge on any atom is 0.343 e. The van der Waals surface area contributed by atoms with Gasteiger partial charge in [-0.15, -0.1) is 0 Å². The Morgan fingerprint density at radius 1 is 1.24 bits per heavy atom. The highest BCUT2D eigenvalue weighted by atomic mass is 16.5. The summed E-state index contributed by atoms with van der Waals surface area (Å²) in [6.07, 6.45) is 3.27. The van der Waals surface area contributed by atoms with Crippen LogP contribution >= 0.6 is 0 Å². The molecule has 0 aromatic carbocycles. The Morgan fingerprint density at radius 3 is 2.48 bits per heavy atom. The third kappa shape index (κ3) is 4.99. The number of nitrogens with zero attached hydrogens (tertiary/aromatic N) is 2. The van der Waals surface area contributed by atoms with E-state index in [1.807, 2.05) is 13.8 Å². The lowest BCUT2D eigenvalue weighted by atomic mass is 9.97. The number of rotatable bonds is 7. The number of anilines is 1. The van der Waals surface area contributed by atoms with Gasteiger partial charge < -0.3 is 10.1 Å². The summed E-state index contributed by atoms with van der Waals surface area (Å²) in [5.41, 5.74) is 0.951. The molecule has 0 radical (unpaired) electrons. The lowest BCUT2D eigenvalue weighted by molar-refractivity contribution is 0.0525. The molecule has 5 nitrogen and oxygen atoms in total. The minimum atomic E-state index is -0.371. The van der Waals surface area contributed by atoms with E-state index in [4.69, 9.17) is 4.74 Å². The van der Waals surface area contributed by atoms with E-state index in [0.29, 0.717) is 29.5 Å². The van der Waals surface area contributed by atoms with Crippen LogP contribution < -0.4 is 5.32 Å². The summed E-state index contributed by atoms with van der Waals surface area (Å²) >= 11 is 0. The number of hydrogen-bond donors (Lipinski definition) is 1. The van der Waals surface area contributed by atoms with E-state index in [2.05, 4.69) is 36.1 Å². The van der Waals surface area contributed by atoms with Crippen LogP contribution in [0.15, 0.2) is 0 Å². The zero-order chi connectivity index (χ0) is 16.0. The van der Waals surface area contributed by atoms with Crippen molar-refractivity contribution in [1.82, 2.24) is 9.97 Å². The van der Waals surface area contributed by atoms with Crippen molar-refractivity contribution >= 4 is 11.8 Å². The molecular formula is C16H27N3O2. The molecule has 0 fully saturated rings. The van der Waals surface area contributed by atoms with Gasteiger partial charge in [0.15, 0.2) is 0 Å². The molecule has 0 bridgehead atoms. The van der Waals surface area contributed by atoms with Gasteiger partial charge in [-0.05, 0) is 41.0 Å². The Kier molecular flexibility index (Phi) is 6.12. The molecule has 118 valence electrons. The van der Waals surface area contributed by atoms with E-state index < -0.39 is 0 Å². The van der Waals surface area contributed by atoms with Crippen LogP contribution in [0.3, 0.4) is 0 Å². The second-order valence-corrected chi connectivity index (χ2v) is 5.91. The number of aromatic nitrogens is 2. The number of hydrogen-bond acceptors (Lipinski definition) is 5. The molecule has 0 saturated heterocycles. The van der Waals surface area contributed by atoms with Gasteiger partial charge in [0.05, 0.1) is 12.3 Å². The molecule has 0 amide bonds. The second kappa shape index (κ2) is 7.38. The van der Waals surface area contributed by atoms with Gasteiger partial charge in [-0.2, -0.15) is 0 Å². The first-order valence-electron chi connectivity index (χ1n) is 7.61. The van der Waals surface area contributed by atoms with E-state index in [-0.39, 0.29) is 11.5 Å². The molecule has 21 heavy (non-hydrogen) atoms. The van der Waals surface area contributed by atoms with Gasteiger partial charge in [0.25, 0.3) is 0 Å². The van der Waals surface area contributed by atoms with Gasteiger partial charge in [-0.25, -0.2) is 14.8 Å². The van der Waals surface area contributed by atoms with E-state index in [1.54, 1.807) is 6.92 Å². The monoisotopic (exact) mass is 293 g/mol. The number of unbranched alkanes of at least 4 members (excludes halogenated alkanes) is 1. The van der Waals surface area contributed by atoms with Crippen molar-refractivity contribution in [1.29, 1.82) is 0 Å². The summed E-state index contributed by atoms with van der Waals surface area (Å²) < 4.78 is 5.13. The minimum absolute atomic E-state index is 0.134. The molecule has 1 aromatic heterocycles. The molecule has 0 unspecified atom stereocenters. The van der Waals surface area contributed by atoms with Gasteiger partial charge in [-0.1, -0.05) is 19.8 Å². The summed E-state index contributed by atoms with van der Waals surface area (Å²) in [5.74, 6) is 0.845. The molecule has 0 aliphatic carbocycles. The number of aryl methyl sites for hydroxylation is 2. The molecule has 0 aliphatic rings. The zero-order valence-electron chi connectivity index (χ0n) is 14.0. The zero-order valence-corrected chi connectivity index (χ0v) is 14.0. The predicted molar refractivity (Wildman–Crippen MR) is 84.7 cm³/mol. The van der Waals surface area contributed by atoms with Crippen LogP contribution in [0.2, 0.25) is 0 Å². The largest absolute Gasteiger partial charge is 0.462 e. The van der Waals surface area contributed by atoms with Crippen LogP contribution in [0.4, 0.5) is 5.82 Å². The molecule has 1 aromatic rings. The van der Waals surface area contributed by atoms with Crippen molar-refractivity contribution in [3.8, 4) is 0 Å². The third-order valence-corrected chi connectivity index (χ3v) is 3.29. The number of esters is 1. The molecule has 0 saturated carbocycles. The number of nitrogens with one attached hydrogen (secondary N) is 1. The highest BCUT2D eigenvalue weighted by Crippen LogP contribution is 2.24. The summed E-state index contributed by atoms with van der Waals surface area (Å²) in [4.78, 5) is 20.8. The van der Waals surface area contributed by atoms with Crippen LogP contribution in [0.5, 0.6) is 0 Å². The lowest BCUT2D eigenvalue weighted by Crippen LogP contribution is -2.32. The third-order valence-electron chi connectivity index (χ3n) is 3.29. The molecule has 5 heteroatoms. The molecule has 1 heterocycles. The Morgan fingerprint density at radius 2 is 1.90 bits per heavy atom. The molecular weight excluding hydrogens is 266 g/mol. The van der Waals surface area contributed by atoms with Gasteiger partial charge >= 0.3 is 5.97 Å². The van der Waals surface area contributed by atoms with E-state index in [9.17, 15) is 4.79 Å². The maximum atomic E-state index is 12.2. The predicted octanol–water partition coefficient (Wildman–Crippen LogP) is 3.65. The molecule has 0 atom stereocenters. The molecule has 0 aliphatic heterocycles. The topological polar surface area (TPSA) is 64.1 Å². The summed E-state index contributed by atoms with van der Waals surface area (Å²) in [5, 5.41) is 3.39. The first kappa shape index (κ1) is 17.4. The number of carbonyl (C=O) groups excluding carboxylic acids is 1. The second-order valence-electron chi connectivity index (χ2n) is 5.91. The quantitative estimate of drug-likeness (QED) is 0.777. The highest BCUT2D eigenvalue weighted by molar-refractivity contribution is 5.95.